The van der Waals surface area contributed by atoms with Crippen molar-refractivity contribution in [2.24, 2.45) is 0 Å². The Labute approximate surface area is 79.4 Å². The van der Waals surface area contributed by atoms with Gasteiger partial charge >= 0.3 is 11.9 Å². The van der Waals surface area contributed by atoms with Crippen LogP contribution in [0.4, 0.5) is 0 Å². The number of aliphatic hydroxyl groups is 1. The molecule has 0 saturated carbocycles. The van der Waals surface area contributed by atoms with Gasteiger partial charge in [-0.05, 0) is 0 Å². The molecule has 1 heterocycles. The lowest BCUT2D eigenvalue weighted by atomic mass is 10.4. The highest BCUT2D eigenvalue weighted by Crippen LogP contribution is 1.91. The molecule has 0 bridgehead atoms. The first-order chi connectivity index (χ1) is 6.61. The van der Waals surface area contributed by atoms with Gasteiger partial charge in [-0.15, -0.1) is 0 Å². The second-order valence-electron chi connectivity index (χ2n) is 2.04. The van der Waals surface area contributed by atoms with Crippen LogP contribution in [0.1, 0.15) is 0 Å². The summed E-state index contributed by atoms with van der Waals surface area (Å²) < 4.78 is 8.51. The van der Waals surface area contributed by atoms with Crippen LogP contribution in [0.5, 0.6) is 0 Å². The number of carbonyl (C=O) groups is 2. The van der Waals surface area contributed by atoms with E-state index in [1.807, 2.05) is 0 Å². The maximum atomic E-state index is 10.3. The van der Waals surface area contributed by atoms with Gasteiger partial charge in [-0.1, -0.05) is 0 Å². The number of esters is 1. The lowest BCUT2D eigenvalue weighted by molar-refractivity contribution is -0.228. The van der Waals surface area contributed by atoms with Crippen LogP contribution in [0.3, 0.4) is 0 Å². The number of rotatable bonds is 2. The summed E-state index contributed by atoms with van der Waals surface area (Å²) in [5, 5.41) is 16.3. The molecule has 2 N–H and O–H groups in total. The van der Waals surface area contributed by atoms with Crippen molar-refractivity contribution < 1.29 is 34.3 Å². The number of hydrogen-bond acceptors (Lipinski definition) is 7. The number of epoxide rings is 1. The molecule has 80 valence electrons. The molecule has 0 aromatic heterocycles. The molecule has 0 unspecified atom stereocenters. The first kappa shape index (κ1) is 12.4. The Morgan fingerprint density at radius 1 is 1.43 bits per heavy atom. The fourth-order valence-corrected chi connectivity index (χ4v) is 0.301. The summed E-state index contributed by atoms with van der Waals surface area (Å²) in [5.41, 5.74) is 0. The molecule has 1 rings (SSSR count). The van der Waals surface area contributed by atoms with Crippen LogP contribution in [-0.2, 0) is 24.0 Å². The van der Waals surface area contributed by atoms with Crippen molar-refractivity contribution in [2.45, 2.75) is 0 Å². The summed E-state index contributed by atoms with van der Waals surface area (Å²) in [5.74, 6) is -3.28. The topological polar surface area (TPSA) is 106 Å². The second-order valence-corrected chi connectivity index (χ2v) is 2.04. The molecule has 0 aromatic carbocycles. The van der Waals surface area contributed by atoms with E-state index in [1.165, 1.54) is 0 Å². The first-order valence-electron chi connectivity index (χ1n) is 3.54. The van der Waals surface area contributed by atoms with E-state index in [0.717, 1.165) is 20.3 Å². The van der Waals surface area contributed by atoms with Gasteiger partial charge in [-0.2, -0.15) is 5.26 Å². The van der Waals surface area contributed by atoms with Crippen LogP contribution in [0.2, 0.25) is 0 Å². The fourth-order valence-electron chi connectivity index (χ4n) is 0.301. The van der Waals surface area contributed by atoms with Crippen LogP contribution in [0, 0.1) is 0 Å². The Bertz CT molecular complexity index is 227. The van der Waals surface area contributed by atoms with Crippen molar-refractivity contribution >= 4 is 11.9 Å². The van der Waals surface area contributed by atoms with Gasteiger partial charge in [-0.3, -0.25) is 4.89 Å². The predicted octanol–water partition coefficient (Wildman–Crippen LogP) is -0.366. The largest absolute Gasteiger partial charge is 0.502 e. The maximum Gasteiger partial charge on any atom is 0.373 e. The van der Waals surface area contributed by atoms with E-state index in [-0.39, 0.29) is 0 Å². The third-order valence-corrected chi connectivity index (χ3v) is 0.943. The van der Waals surface area contributed by atoms with Crippen molar-refractivity contribution in [2.75, 3.05) is 20.3 Å². The SMILES string of the molecule is C1CO1.COC(=O)/C(O)=C/C(=O)OO. The zero-order valence-electron chi connectivity index (χ0n) is 7.43. The van der Waals surface area contributed by atoms with Crippen LogP contribution in [-0.4, -0.2) is 42.6 Å². The average molecular weight is 206 g/mol. The Hall–Kier alpha value is -1.60. The zero-order valence-corrected chi connectivity index (χ0v) is 7.43. The molecule has 0 amide bonds. The molecule has 0 aromatic rings. The molecule has 1 aliphatic heterocycles. The first-order valence-corrected chi connectivity index (χ1v) is 3.54. The second kappa shape index (κ2) is 6.87. The van der Waals surface area contributed by atoms with Crippen molar-refractivity contribution in [3.05, 3.63) is 11.8 Å². The van der Waals surface area contributed by atoms with Crippen LogP contribution >= 0.6 is 0 Å². The summed E-state index contributed by atoms with van der Waals surface area (Å²) in [6.07, 6.45) is 0.381. The van der Waals surface area contributed by atoms with E-state index < -0.39 is 17.7 Å². The van der Waals surface area contributed by atoms with Crippen molar-refractivity contribution in [3.8, 4) is 0 Å². The summed E-state index contributed by atoms with van der Waals surface area (Å²) in [6, 6.07) is 0. The molecule has 1 aliphatic rings. The summed E-state index contributed by atoms with van der Waals surface area (Å²) in [7, 11) is 1.02. The number of aliphatic hydroxyl groups excluding tert-OH is 1. The summed E-state index contributed by atoms with van der Waals surface area (Å²) in [4.78, 5) is 23.6. The van der Waals surface area contributed by atoms with Crippen molar-refractivity contribution in [3.63, 3.8) is 0 Å². The Morgan fingerprint density at radius 2 is 1.93 bits per heavy atom. The quantitative estimate of drug-likeness (QED) is 0.158. The van der Waals surface area contributed by atoms with Crippen molar-refractivity contribution in [1.82, 2.24) is 0 Å². The molecule has 7 nitrogen and oxygen atoms in total. The number of methoxy groups -OCH3 is 1. The van der Waals surface area contributed by atoms with Gasteiger partial charge < -0.3 is 14.6 Å². The van der Waals surface area contributed by atoms with Gasteiger partial charge in [0.25, 0.3) is 0 Å². The summed E-state index contributed by atoms with van der Waals surface area (Å²) >= 11 is 0. The molecule has 1 saturated heterocycles. The highest BCUT2D eigenvalue weighted by Gasteiger charge is 2.09. The van der Waals surface area contributed by atoms with Gasteiger partial charge in [-0.25, -0.2) is 9.59 Å². The van der Waals surface area contributed by atoms with Gasteiger partial charge in [0.2, 0.25) is 5.76 Å². The van der Waals surface area contributed by atoms with Crippen LogP contribution in [0.25, 0.3) is 0 Å². The molecular formula is C7H10O7. The monoisotopic (exact) mass is 206 g/mol. The van der Waals surface area contributed by atoms with Crippen molar-refractivity contribution in [1.29, 1.82) is 0 Å². The maximum absolute atomic E-state index is 10.3. The van der Waals surface area contributed by atoms with E-state index in [4.69, 9.17) is 10.4 Å². The van der Waals surface area contributed by atoms with E-state index in [0.29, 0.717) is 6.08 Å². The van der Waals surface area contributed by atoms with Crippen LogP contribution < -0.4 is 0 Å². The third kappa shape index (κ3) is 7.07. The number of hydrogen-bond donors (Lipinski definition) is 2. The Balaban J connectivity index is 0.000000469. The van der Waals surface area contributed by atoms with Gasteiger partial charge in [0, 0.05) is 0 Å². The molecule has 7 heteroatoms. The minimum Gasteiger partial charge on any atom is -0.502 e. The number of carbonyl (C=O) groups excluding carboxylic acids is 2. The third-order valence-electron chi connectivity index (χ3n) is 0.943. The zero-order chi connectivity index (χ0) is 11.0. The molecule has 1 fully saturated rings. The lowest BCUT2D eigenvalue weighted by Crippen LogP contribution is -2.07. The molecule has 0 aliphatic carbocycles. The minimum absolute atomic E-state index is 0.381. The minimum atomic E-state index is -1.26. The lowest BCUT2D eigenvalue weighted by Gasteiger charge is -1.94. The van der Waals surface area contributed by atoms with Gasteiger partial charge in [0.05, 0.1) is 26.4 Å². The molecule has 0 atom stereocenters. The van der Waals surface area contributed by atoms with E-state index in [9.17, 15) is 9.59 Å². The van der Waals surface area contributed by atoms with Gasteiger partial charge in [0.1, 0.15) is 0 Å². The van der Waals surface area contributed by atoms with Gasteiger partial charge in [0.15, 0.2) is 0 Å². The number of ether oxygens (including phenoxy) is 2. The molecule has 14 heavy (non-hydrogen) atoms. The predicted molar refractivity (Wildman–Crippen MR) is 42.3 cm³/mol. The smallest absolute Gasteiger partial charge is 0.373 e. The molecule has 0 radical (unpaired) electrons. The highest BCUT2D eigenvalue weighted by atomic mass is 17.1. The molecule has 0 spiro atoms. The highest BCUT2D eigenvalue weighted by molar-refractivity contribution is 5.94. The normalized spacial score (nSPS) is 13.4. The van der Waals surface area contributed by atoms with E-state index in [2.05, 4.69) is 14.4 Å². The average Bonchev–Trinajstić information content (AvgIpc) is 3.02. The van der Waals surface area contributed by atoms with E-state index in [1.54, 1.807) is 0 Å². The summed E-state index contributed by atoms with van der Waals surface area (Å²) in [6.45, 7) is 2.00. The van der Waals surface area contributed by atoms with E-state index >= 15 is 0 Å². The van der Waals surface area contributed by atoms with Crippen LogP contribution in [0.15, 0.2) is 11.8 Å². The molecular weight excluding hydrogens is 196 g/mol. The Kier molecular flexibility index (Phi) is 6.08. The Morgan fingerprint density at radius 3 is 2.21 bits per heavy atom. The fraction of sp³-hybridized carbons (Fsp3) is 0.429. The standard InChI is InChI=1S/C5H6O6.C2H4O/c1-10-5(8)3(6)2-4(7)11-9;1-2-3-1/h2,6,9H,1H3;1-2H2/b3-2-;.